The number of alkyl halides is 1. The highest BCUT2D eigenvalue weighted by molar-refractivity contribution is 5.85. The van der Waals surface area contributed by atoms with Gasteiger partial charge in [-0.25, -0.2) is 13.8 Å². The number of aromatic amines is 1. The van der Waals surface area contributed by atoms with Crippen molar-refractivity contribution in [1.29, 1.82) is 0 Å². The zero-order chi connectivity index (χ0) is 27.4. The molecule has 10 heteroatoms. The van der Waals surface area contributed by atoms with Gasteiger partial charge in [0.1, 0.15) is 18.2 Å². The molecule has 206 valence electrons. The van der Waals surface area contributed by atoms with Gasteiger partial charge in [-0.05, 0) is 57.5 Å². The highest BCUT2D eigenvalue weighted by Gasteiger charge is 2.38. The maximum atomic E-state index is 15.6. The zero-order valence-corrected chi connectivity index (χ0v) is 22.3. The lowest BCUT2D eigenvalue weighted by Gasteiger charge is -2.41. The Balaban J connectivity index is 1.74. The molecule has 0 aliphatic carbocycles. The van der Waals surface area contributed by atoms with Gasteiger partial charge in [0.2, 0.25) is 5.88 Å². The van der Waals surface area contributed by atoms with Gasteiger partial charge in [-0.2, -0.15) is 0 Å². The van der Waals surface area contributed by atoms with Gasteiger partial charge in [0.05, 0.1) is 32.4 Å². The van der Waals surface area contributed by atoms with Crippen molar-refractivity contribution >= 4 is 16.9 Å². The first-order valence-electron chi connectivity index (χ1n) is 12.9. The molecule has 1 aliphatic heterocycles. The molecule has 3 aromatic rings. The van der Waals surface area contributed by atoms with E-state index in [9.17, 15) is 13.6 Å². The third kappa shape index (κ3) is 5.81. The number of aromatic nitrogens is 2. The van der Waals surface area contributed by atoms with E-state index < -0.39 is 11.9 Å². The summed E-state index contributed by atoms with van der Waals surface area (Å²) in [6.45, 7) is 5.25. The van der Waals surface area contributed by atoms with E-state index in [1.54, 1.807) is 13.0 Å². The molecule has 0 bridgehead atoms. The summed E-state index contributed by atoms with van der Waals surface area (Å²) in [4.78, 5) is 23.7. The number of nitrogens with zero attached hydrogens (tertiary/aromatic N) is 3. The number of esters is 1. The lowest BCUT2D eigenvalue weighted by molar-refractivity contribution is -0.141. The summed E-state index contributed by atoms with van der Waals surface area (Å²) >= 11 is 0. The number of methoxy groups -OCH3 is 1. The van der Waals surface area contributed by atoms with Crippen LogP contribution in [0, 0.1) is 18.6 Å². The summed E-state index contributed by atoms with van der Waals surface area (Å²) in [6.07, 6.45) is 2.36. The van der Waals surface area contributed by atoms with Crippen molar-refractivity contribution < 1.29 is 27.4 Å². The number of carbonyl (C=O) groups excluding carboxylic acids is 1. The van der Waals surface area contributed by atoms with Crippen LogP contribution in [0.4, 0.5) is 13.2 Å². The molecule has 0 saturated heterocycles. The molecular weight excluding hydrogens is 497 g/mol. The van der Waals surface area contributed by atoms with E-state index in [0.29, 0.717) is 56.1 Å². The van der Waals surface area contributed by atoms with Crippen LogP contribution >= 0.6 is 0 Å². The molecule has 1 aromatic carbocycles. The number of ether oxygens (including phenoxy) is 2. The Bertz CT molecular complexity index is 1280. The molecule has 0 fully saturated rings. The Labute approximate surface area is 220 Å². The predicted molar refractivity (Wildman–Crippen MR) is 139 cm³/mol. The molecule has 0 amide bonds. The third-order valence-electron chi connectivity index (χ3n) is 7.31. The smallest absolute Gasteiger partial charge is 0.306 e. The van der Waals surface area contributed by atoms with Gasteiger partial charge >= 0.3 is 5.97 Å². The highest BCUT2D eigenvalue weighted by atomic mass is 19.1. The molecule has 0 radical (unpaired) electrons. The quantitative estimate of drug-likeness (QED) is 0.361. The SMILES string of the molecule is COC(=O)CCN1[C@H](c2c(F)cnc(OCCN(C)CCCF)c2C)c2[nH]c3ccc(F)cc3c2C[C@H]1C. The van der Waals surface area contributed by atoms with Crippen LogP contribution in [0.15, 0.2) is 24.4 Å². The first-order valence-corrected chi connectivity index (χ1v) is 12.9. The van der Waals surface area contributed by atoms with Gasteiger partial charge in [-0.3, -0.25) is 14.1 Å². The van der Waals surface area contributed by atoms with Crippen molar-refractivity contribution in [2.75, 3.05) is 47.1 Å². The van der Waals surface area contributed by atoms with E-state index >= 15 is 4.39 Å². The average molecular weight is 533 g/mol. The number of nitrogens with one attached hydrogen (secondary N) is 1. The second-order valence-electron chi connectivity index (χ2n) is 9.87. The minimum Gasteiger partial charge on any atom is -0.476 e. The number of H-pyrrole nitrogens is 1. The number of likely N-dealkylation sites (N-methyl/N-ethyl adjacent to an activating group) is 1. The van der Waals surface area contributed by atoms with Gasteiger partial charge < -0.3 is 19.4 Å². The second kappa shape index (κ2) is 12.2. The lowest BCUT2D eigenvalue weighted by atomic mass is 9.87. The number of halogens is 3. The Hall–Kier alpha value is -3.11. The molecule has 3 heterocycles. The molecule has 2 atom stereocenters. The second-order valence-corrected chi connectivity index (χ2v) is 9.87. The molecule has 0 unspecified atom stereocenters. The number of rotatable bonds is 11. The van der Waals surface area contributed by atoms with Crippen LogP contribution < -0.4 is 4.74 Å². The first kappa shape index (κ1) is 27.9. The number of benzene rings is 1. The largest absolute Gasteiger partial charge is 0.476 e. The summed E-state index contributed by atoms with van der Waals surface area (Å²) in [5.74, 6) is -0.869. The summed E-state index contributed by atoms with van der Waals surface area (Å²) < 4.78 is 53.1. The molecule has 7 nitrogen and oxygen atoms in total. The Morgan fingerprint density at radius 1 is 1.29 bits per heavy atom. The fraction of sp³-hybridized carbons (Fsp3) is 0.500. The fourth-order valence-electron chi connectivity index (χ4n) is 5.31. The van der Waals surface area contributed by atoms with Crippen molar-refractivity contribution in [3.63, 3.8) is 0 Å². The number of hydrogen-bond acceptors (Lipinski definition) is 6. The van der Waals surface area contributed by atoms with E-state index in [2.05, 4.69) is 14.9 Å². The molecule has 0 spiro atoms. The Morgan fingerprint density at radius 2 is 2.08 bits per heavy atom. The van der Waals surface area contributed by atoms with Gasteiger partial charge in [-0.15, -0.1) is 0 Å². The van der Waals surface area contributed by atoms with Crippen LogP contribution in [0.3, 0.4) is 0 Å². The van der Waals surface area contributed by atoms with Crippen molar-refractivity contribution in [1.82, 2.24) is 19.8 Å². The molecule has 1 aliphatic rings. The standard InChI is InChI=1S/C28H35F3N4O3/c1-17-14-21-20-15-19(30)6-7-23(20)33-26(21)27(35(17)11-8-24(36)37-4)25-18(2)28(32-16-22(25)31)38-13-12-34(3)10-5-9-29/h6-7,15-17,27,33H,5,8-14H2,1-4H3/t17-,27-/m1/s1. The van der Waals surface area contributed by atoms with Gasteiger partial charge in [-0.1, -0.05) is 0 Å². The van der Waals surface area contributed by atoms with Crippen LogP contribution in [0.5, 0.6) is 5.88 Å². The van der Waals surface area contributed by atoms with E-state index in [1.807, 2.05) is 18.9 Å². The molecular formula is C28H35F3N4O3. The molecule has 0 saturated carbocycles. The van der Waals surface area contributed by atoms with Gasteiger partial charge in [0.15, 0.2) is 0 Å². The summed E-state index contributed by atoms with van der Waals surface area (Å²) in [5, 5.41) is 0.768. The van der Waals surface area contributed by atoms with Crippen LogP contribution in [0.1, 0.15) is 48.2 Å². The topological polar surface area (TPSA) is 70.7 Å². The van der Waals surface area contributed by atoms with E-state index in [4.69, 9.17) is 9.47 Å². The lowest BCUT2D eigenvalue weighted by Crippen LogP contribution is -2.44. The maximum absolute atomic E-state index is 15.6. The monoisotopic (exact) mass is 532 g/mol. The van der Waals surface area contributed by atoms with Gasteiger partial charge in [0.25, 0.3) is 0 Å². The van der Waals surface area contributed by atoms with Crippen molar-refractivity contribution in [2.24, 2.45) is 0 Å². The minimum atomic E-state index is -0.577. The first-order chi connectivity index (χ1) is 18.2. The molecule has 1 N–H and O–H groups in total. The van der Waals surface area contributed by atoms with E-state index in [-0.39, 0.29) is 30.9 Å². The van der Waals surface area contributed by atoms with Gasteiger partial charge in [0, 0.05) is 53.4 Å². The van der Waals surface area contributed by atoms with Crippen LogP contribution in [-0.2, 0) is 16.0 Å². The molecule has 2 aromatic heterocycles. The number of fused-ring (bicyclic) bond motifs is 3. The number of pyridine rings is 1. The molecule has 38 heavy (non-hydrogen) atoms. The summed E-state index contributed by atoms with van der Waals surface area (Å²) in [6, 6.07) is 3.94. The van der Waals surface area contributed by atoms with Crippen molar-refractivity contribution in [3.8, 4) is 5.88 Å². The number of hydrogen-bond donors (Lipinski definition) is 1. The average Bonchev–Trinajstić information content (AvgIpc) is 3.25. The minimum absolute atomic E-state index is 0.0695. The maximum Gasteiger partial charge on any atom is 0.306 e. The summed E-state index contributed by atoms with van der Waals surface area (Å²) in [5.41, 5.74) is 3.40. The number of carbonyl (C=O) groups is 1. The Morgan fingerprint density at radius 3 is 2.82 bits per heavy atom. The third-order valence-corrected chi connectivity index (χ3v) is 7.31. The zero-order valence-electron chi connectivity index (χ0n) is 22.3. The van der Waals surface area contributed by atoms with Crippen molar-refractivity contribution in [2.45, 2.75) is 45.2 Å². The summed E-state index contributed by atoms with van der Waals surface area (Å²) in [7, 11) is 3.23. The van der Waals surface area contributed by atoms with E-state index in [1.165, 1.54) is 19.2 Å². The van der Waals surface area contributed by atoms with Crippen LogP contribution in [0.25, 0.3) is 10.9 Å². The normalized spacial score (nSPS) is 17.7. The van der Waals surface area contributed by atoms with Crippen LogP contribution in [0.2, 0.25) is 0 Å². The highest BCUT2D eigenvalue weighted by Crippen LogP contribution is 2.43. The van der Waals surface area contributed by atoms with Crippen LogP contribution in [-0.4, -0.2) is 78.9 Å². The van der Waals surface area contributed by atoms with E-state index in [0.717, 1.165) is 28.4 Å². The molecule has 4 rings (SSSR count). The van der Waals surface area contributed by atoms with Crippen molar-refractivity contribution in [3.05, 3.63) is 58.4 Å². The fourth-order valence-corrected chi connectivity index (χ4v) is 5.31. The Kier molecular flexibility index (Phi) is 8.94. The predicted octanol–water partition coefficient (Wildman–Crippen LogP) is 4.72.